The predicted molar refractivity (Wildman–Crippen MR) is 80.0 cm³/mol. The van der Waals surface area contributed by atoms with Crippen molar-refractivity contribution in [3.05, 3.63) is 22.9 Å². The summed E-state index contributed by atoms with van der Waals surface area (Å²) in [6.07, 6.45) is 5.36. The van der Waals surface area contributed by atoms with Crippen LogP contribution < -0.4 is 4.72 Å². The number of methoxy groups -OCH3 is 1. The summed E-state index contributed by atoms with van der Waals surface area (Å²) in [5.74, 6) is -0.337. The fourth-order valence-corrected chi connectivity index (χ4v) is 4.25. The minimum Gasteiger partial charge on any atom is -0.469 e. The lowest BCUT2D eigenvalue weighted by molar-refractivity contribution is -0.146. The van der Waals surface area contributed by atoms with E-state index in [1.54, 1.807) is 0 Å². The van der Waals surface area contributed by atoms with Crippen LogP contribution >= 0.6 is 15.9 Å². The van der Waals surface area contributed by atoms with E-state index in [1.165, 1.54) is 25.6 Å². The number of pyridine rings is 1. The third-order valence-electron chi connectivity index (χ3n) is 3.57. The van der Waals surface area contributed by atoms with Crippen LogP contribution in [0.25, 0.3) is 0 Å². The van der Waals surface area contributed by atoms with Crippen LogP contribution in [0.15, 0.2) is 27.8 Å². The average molecular weight is 377 g/mol. The molecule has 6 nitrogen and oxygen atoms in total. The summed E-state index contributed by atoms with van der Waals surface area (Å²) in [4.78, 5) is 15.4. The SMILES string of the molecule is COC(=O)C1CCC(NS(=O)(=O)c2cncc(Br)c2)CC1. The van der Waals surface area contributed by atoms with Crippen molar-refractivity contribution in [2.75, 3.05) is 7.11 Å². The van der Waals surface area contributed by atoms with Gasteiger partial charge in [0, 0.05) is 22.9 Å². The molecular formula is C13H17BrN2O4S. The number of halogens is 1. The molecule has 21 heavy (non-hydrogen) atoms. The number of carbonyl (C=O) groups excluding carboxylic acids is 1. The molecule has 0 aromatic carbocycles. The molecular weight excluding hydrogens is 360 g/mol. The molecule has 1 aromatic rings. The molecule has 0 amide bonds. The van der Waals surface area contributed by atoms with E-state index in [4.69, 9.17) is 4.74 Å². The summed E-state index contributed by atoms with van der Waals surface area (Å²) >= 11 is 3.21. The van der Waals surface area contributed by atoms with E-state index in [0.29, 0.717) is 30.2 Å². The Kier molecular flexibility index (Phi) is 5.34. The first-order valence-corrected chi connectivity index (χ1v) is 8.90. The third kappa shape index (κ3) is 4.24. The number of sulfonamides is 1. The summed E-state index contributed by atoms with van der Waals surface area (Å²) in [5, 5.41) is 0. The maximum absolute atomic E-state index is 12.3. The summed E-state index contributed by atoms with van der Waals surface area (Å²) < 4.78 is 32.5. The standard InChI is InChI=1S/C13H17BrN2O4S/c1-20-13(17)9-2-4-11(5-3-9)16-21(18,19)12-6-10(14)7-15-8-12/h6-9,11,16H,2-5H2,1H3. The lowest BCUT2D eigenvalue weighted by Gasteiger charge is -2.27. The maximum Gasteiger partial charge on any atom is 0.308 e. The monoisotopic (exact) mass is 376 g/mol. The van der Waals surface area contributed by atoms with E-state index < -0.39 is 10.0 Å². The number of esters is 1. The zero-order valence-electron chi connectivity index (χ0n) is 11.6. The van der Waals surface area contributed by atoms with Crippen LogP contribution in [0.5, 0.6) is 0 Å². The molecule has 1 saturated carbocycles. The summed E-state index contributed by atoms with van der Waals surface area (Å²) in [6, 6.07) is 1.35. The molecule has 1 aromatic heterocycles. The molecule has 1 fully saturated rings. The first-order valence-electron chi connectivity index (χ1n) is 6.63. The van der Waals surface area contributed by atoms with Gasteiger partial charge >= 0.3 is 5.97 Å². The van der Waals surface area contributed by atoms with E-state index in [-0.39, 0.29) is 22.8 Å². The molecule has 2 rings (SSSR count). The Hall–Kier alpha value is -0.990. The van der Waals surface area contributed by atoms with Crippen molar-refractivity contribution in [3.8, 4) is 0 Å². The lowest BCUT2D eigenvalue weighted by Crippen LogP contribution is -2.38. The first-order chi connectivity index (χ1) is 9.92. The number of nitrogens with zero attached hydrogens (tertiary/aromatic N) is 1. The van der Waals surface area contributed by atoms with Crippen molar-refractivity contribution >= 4 is 31.9 Å². The lowest BCUT2D eigenvalue weighted by atomic mass is 9.86. The Balaban J connectivity index is 1.98. The number of carbonyl (C=O) groups is 1. The van der Waals surface area contributed by atoms with Gasteiger partial charge in [0.05, 0.1) is 13.0 Å². The largest absolute Gasteiger partial charge is 0.469 e. The highest BCUT2D eigenvalue weighted by Crippen LogP contribution is 2.26. The highest BCUT2D eigenvalue weighted by molar-refractivity contribution is 9.10. The highest BCUT2D eigenvalue weighted by Gasteiger charge is 2.29. The van der Waals surface area contributed by atoms with E-state index >= 15 is 0 Å². The van der Waals surface area contributed by atoms with Gasteiger partial charge in [-0.2, -0.15) is 0 Å². The molecule has 0 aliphatic heterocycles. The Bertz CT molecular complexity index is 612. The maximum atomic E-state index is 12.3. The number of rotatable bonds is 4. The first kappa shape index (κ1) is 16.4. The number of hydrogen-bond acceptors (Lipinski definition) is 5. The molecule has 0 unspecified atom stereocenters. The third-order valence-corrected chi connectivity index (χ3v) is 5.49. The van der Waals surface area contributed by atoms with Gasteiger partial charge in [0.25, 0.3) is 0 Å². The van der Waals surface area contributed by atoms with Crippen LogP contribution in [-0.2, 0) is 19.6 Å². The molecule has 0 saturated heterocycles. The zero-order valence-corrected chi connectivity index (χ0v) is 14.0. The van der Waals surface area contributed by atoms with Crippen molar-refractivity contribution in [3.63, 3.8) is 0 Å². The quantitative estimate of drug-likeness (QED) is 0.810. The Morgan fingerprint density at radius 1 is 1.33 bits per heavy atom. The Labute approximate surface area is 132 Å². The highest BCUT2D eigenvalue weighted by atomic mass is 79.9. The van der Waals surface area contributed by atoms with Gasteiger partial charge in [-0.05, 0) is 47.7 Å². The van der Waals surface area contributed by atoms with Crippen molar-refractivity contribution < 1.29 is 17.9 Å². The Morgan fingerprint density at radius 3 is 2.57 bits per heavy atom. The van der Waals surface area contributed by atoms with Crippen molar-refractivity contribution in [2.45, 2.75) is 36.6 Å². The van der Waals surface area contributed by atoms with Gasteiger partial charge in [-0.1, -0.05) is 0 Å². The molecule has 1 N–H and O–H groups in total. The summed E-state index contributed by atoms with van der Waals surface area (Å²) in [7, 11) is -2.21. The predicted octanol–water partition coefficient (Wildman–Crippen LogP) is 1.85. The smallest absolute Gasteiger partial charge is 0.308 e. The molecule has 8 heteroatoms. The van der Waals surface area contributed by atoms with Gasteiger partial charge in [-0.3, -0.25) is 9.78 Å². The zero-order chi connectivity index (χ0) is 15.5. The molecule has 1 aliphatic rings. The summed E-state index contributed by atoms with van der Waals surface area (Å²) in [6.45, 7) is 0. The van der Waals surface area contributed by atoms with E-state index in [2.05, 4.69) is 25.6 Å². The second-order valence-electron chi connectivity index (χ2n) is 5.03. The fraction of sp³-hybridized carbons (Fsp3) is 0.538. The van der Waals surface area contributed by atoms with Crippen LogP contribution in [0, 0.1) is 5.92 Å². The van der Waals surface area contributed by atoms with E-state index in [1.807, 2.05) is 0 Å². The van der Waals surface area contributed by atoms with Crippen molar-refractivity contribution in [1.29, 1.82) is 0 Å². The van der Waals surface area contributed by atoms with Crippen molar-refractivity contribution in [1.82, 2.24) is 9.71 Å². The van der Waals surface area contributed by atoms with Gasteiger partial charge in [0.2, 0.25) is 10.0 Å². The van der Waals surface area contributed by atoms with Crippen LogP contribution in [0.4, 0.5) is 0 Å². The molecule has 0 atom stereocenters. The van der Waals surface area contributed by atoms with Crippen molar-refractivity contribution in [2.24, 2.45) is 5.92 Å². The number of hydrogen-bond donors (Lipinski definition) is 1. The summed E-state index contributed by atoms with van der Waals surface area (Å²) in [5.41, 5.74) is 0. The molecule has 1 aliphatic carbocycles. The average Bonchev–Trinajstić information content (AvgIpc) is 2.47. The molecule has 1 heterocycles. The van der Waals surface area contributed by atoms with Crippen LogP contribution in [-0.4, -0.2) is 32.5 Å². The van der Waals surface area contributed by atoms with Gasteiger partial charge in [0.15, 0.2) is 0 Å². The fourth-order valence-electron chi connectivity index (χ4n) is 2.44. The number of ether oxygens (including phenoxy) is 1. The minimum atomic E-state index is -3.58. The number of nitrogens with one attached hydrogen (secondary N) is 1. The van der Waals surface area contributed by atoms with Crippen LogP contribution in [0.2, 0.25) is 0 Å². The van der Waals surface area contributed by atoms with E-state index in [9.17, 15) is 13.2 Å². The van der Waals surface area contributed by atoms with E-state index in [0.717, 1.165) is 0 Å². The number of aromatic nitrogens is 1. The van der Waals surface area contributed by atoms with Gasteiger partial charge < -0.3 is 4.74 Å². The minimum absolute atomic E-state index is 0.122. The van der Waals surface area contributed by atoms with Gasteiger partial charge in [0.1, 0.15) is 4.90 Å². The Morgan fingerprint density at radius 2 is 2.00 bits per heavy atom. The molecule has 0 radical (unpaired) electrons. The van der Waals surface area contributed by atoms with Crippen LogP contribution in [0.3, 0.4) is 0 Å². The van der Waals surface area contributed by atoms with Gasteiger partial charge in [-0.15, -0.1) is 0 Å². The van der Waals surface area contributed by atoms with Crippen LogP contribution in [0.1, 0.15) is 25.7 Å². The van der Waals surface area contributed by atoms with Gasteiger partial charge in [-0.25, -0.2) is 13.1 Å². The molecule has 0 bridgehead atoms. The normalized spacial score (nSPS) is 22.8. The molecule has 116 valence electrons. The topological polar surface area (TPSA) is 85.4 Å². The second kappa shape index (κ2) is 6.85. The second-order valence-corrected chi connectivity index (χ2v) is 7.66. The molecule has 0 spiro atoms.